The van der Waals surface area contributed by atoms with Crippen molar-refractivity contribution in [2.45, 2.75) is 19.6 Å². The number of piperazine rings is 1. The molecule has 1 aliphatic heterocycles. The Bertz CT molecular complexity index is 675. The maximum Gasteiger partial charge on any atom is 0.289 e. The van der Waals surface area contributed by atoms with E-state index in [2.05, 4.69) is 21.2 Å². The molecule has 1 atom stereocenters. The molecule has 3 rings (SSSR count). The predicted molar refractivity (Wildman–Crippen MR) is 97.8 cm³/mol. The van der Waals surface area contributed by atoms with Crippen LogP contribution in [0.1, 0.15) is 23.2 Å². The van der Waals surface area contributed by atoms with E-state index in [9.17, 15) is 4.79 Å². The van der Waals surface area contributed by atoms with Crippen LogP contribution in [-0.4, -0.2) is 36.5 Å². The van der Waals surface area contributed by atoms with Crippen molar-refractivity contribution in [2.24, 2.45) is 0 Å². The normalized spacial score (nSPS) is 17.2. The minimum absolute atomic E-state index is 0. The lowest BCUT2D eigenvalue weighted by Crippen LogP contribution is -2.52. The molecule has 0 bridgehead atoms. The van der Waals surface area contributed by atoms with Crippen LogP contribution in [0.15, 0.2) is 45.3 Å². The minimum Gasteiger partial charge on any atom is -0.486 e. The Morgan fingerprint density at radius 1 is 1.33 bits per heavy atom. The van der Waals surface area contributed by atoms with E-state index in [4.69, 9.17) is 9.15 Å². The van der Waals surface area contributed by atoms with Crippen LogP contribution in [-0.2, 0) is 6.61 Å². The van der Waals surface area contributed by atoms with Gasteiger partial charge in [-0.25, -0.2) is 0 Å². The number of halogens is 2. The summed E-state index contributed by atoms with van der Waals surface area (Å²) in [5, 5.41) is 3.27. The van der Waals surface area contributed by atoms with Crippen LogP contribution in [0.4, 0.5) is 0 Å². The Labute approximate surface area is 155 Å². The van der Waals surface area contributed by atoms with Crippen molar-refractivity contribution in [3.63, 3.8) is 0 Å². The second kappa shape index (κ2) is 8.55. The summed E-state index contributed by atoms with van der Waals surface area (Å²) in [5.41, 5.74) is 0. The maximum absolute atomic E-state index is 12.5. The quantitative estimate of drug-likeness (QED) is 0.831. The lowest BCUT2D eigenvalue weighted by Gasteiger charge is -2.33. The first-order chi connectivity index (χ1) is 11.1. The van der Waals surface area contributed by atoms with E-state index in [0.717, 1.165) is 23.3 Å². The summed E-state index contributed by atoms with van der Waals surface area (Å²) < 4.78 is 12.3. The first kappa shape index (κ1) is 18.8. The number of amides is 1. The molecule has 1 aliphatic rings. The summed E-state index contributed by atoms with van der Waals surface area (Å²) >= 11 is 3.38. The Morgan fingerprint density at radius 2 is 2.08 bits per heavy atom. The summed E-state index contributed by atoms with van der Waals surface area (Å²) in [6.07, 6.45) is 0. The Kier molecular flexibility index (Phi) is 6.71. The van der Waals surface area contributed by atoms with E-state index in [1.165, 1.54) is 0 Å². The highest BCUT2D eigenvalue weighted by Gasteiger charge is 2.26. The van der Waals surface area contributed by atoms with Gasteiger partial charge in [-0.15, -0.1) is 12.4 Å². The van der Waals surface area contributed by atoms with Gasteiger partial charge >= 0.3 is 0 Å². The lowest BCUT2D eigenvalue weighted by atomic mass is 10.2. The van der Waals surface area contributed by atoms with Crippen molar-refractivity contribution in [3.05, 3.63) is 52.4 Å². The average Bonchev–Trinajstić information content (AvgIpc) is 3.03. The lowest BCUT2D eigenvalue weighted by molar-refractivity contribution is 0.0619. The van der Waals surface area contributed by atoms with E-state index >= 15 is 0 Å². The fourth-order valence-electron chi connectivity index (χ4n) is 2.54. The van der Waals surface area contributed by atoms with Gasteiger partial charge < -0.3 is 19.4 Å². The van der Waals surface area contributed by atoms with Crippen LogP contribution in [0.25, 0.3) is 0 Å². The predicted octanol–water partition coefficient (Wildman–Crippen LogP) is 3.48. The van der Waals surface area contributed by atoms with Gasteiger partial charge in [-0.3, -0.25) is 4.79 Å². The average molecular weight is 416 g/mol. The molecule has 0 spiro atoms. The molecule has 1 saturated heterocycles. The highest BCUT2D eigenvalue weighted by molar-refractivity contribution is 9.10. The van der Waals surface area contributed by atoms with Crippen LogP contribution < -0.4 is 10.1 Å². The molecule has 2 heterocycles. The number of rotatable bonds is 4. The largest absolute Gasteiger partial charge is 0.486 e. The fraction of sp³-hybridized carbons (Fsp3) is 0.353. The number of benzene rings is 1. The molecule has 1 amide bonds. The van der Waals surface area contributed by atoms with Gasteiger partial charge in [0.15, 0.2) is 5.76 Å². The zero-order chi connectivity index (χ0) is 16.2. The molecule has 24 heavy (non-hydrogen) atoms. The van der Waals surface area contributed by atoms with E-state index in [0.29, 0.717) is 24.7 Å². The number of nitrogens with one attached hydrogen (secondary N) is 1. The molecule has 7 heteroatoms. The molecule has 1 fully saturated rings. The summed E-state index contributed by atoms with van der Waals surface area (Å²) in [4.78, 5) is 14.3. The molecule has 1 unspecified atom stereocenters. The number of ether oxygens (including phenoxy) is 1. The van der Waals surface area contributed by atoms with E-state index in [1.807, 2.05) is 36.1 Å². The fourth-order valence-corrected chi connectivity index (χ4v) is 2.80. The zero-order valence-electron chi connectivity index (χ0n) is 13.3. The molecule has 1 aromatic carbocycles. The van der Waals surface area contributed by atoms with Gasteiger partial charge in [0.2, 0.25) is 0 Å². The molecule has 1 aromatic heterocycles. The highest BCUT2D eigenvalue weighted by Crippen LogP contribution is 2.19. The minimum atomic E-state index is -0.0612. The second-order valence-corrected chi connectivity index (χ2v) is 6.48. The van der Waals surface area contributed by atoms with Crippen LogP contribution in [0.2, 0.25) is 0 Å². The third kappa shape index (κ3) is 4.53. The highest BCUT2D eigenvalue weighted by atomic mass is 79.9. The van der Waals surface area contributed by atoms with E-state index in [-0.39, 0.29) is 24.4 Å². The summed E-state index contributed by atoms with van der Waals surface area (Å²) in [5.74, 6) is 1.70. The molecule has 130 valence electrons. The maximum atomic E-state index is 12.5. The summed E-state index contributed by atoms with van der Waals surface area (Å²) in [7, 11) is 0. The Balaban J connectivity index is 0.00000208. The number of hydrogen-bond donors (Lipinski definition) is 1. The van der Waals surface area contributed by atoms with E-state index in [1.54, 1.807) is 12.1 Å². The first-order valence-corrected chi connectivity index (χ1v) is 8.41. The molecule has 1 N–H and O–H groups in total. The van der Waals surface area contributed by atoms with Crippen LogP contribution in [0, 0.1) is 0 Å². The molecule has 5 nitrogen and oxygen atoms in total. The molecular formula is C17H20BrClN2O3. The SMILES string of the molecule is CC1CNCCN1C(=O)c1ccc(COc2ccc(Br)cc2)o1.Cl. The number of carbonyl (C=O) groups is 1. The van der Waals surface area contributed by atoms with Gasteiger partial charge in [-0.05, 0) is 43.3 Å². The first-order valence-electron chi connectivity index (χ1n) is 7.62. The third-order valence-electron chi connectivity index (χ3n) is 3.83. The molecule has 0 saturated carbocycles. The van der Waals surface area contributed by atoms with Gasteiger partial charge in [0.25, 0.3) is 5.91 Å². The van der Waals surface area contributed by atoms with Gasteiger partial charge in [-0.2, -0.15) is 0 Å². The van der Waals surface area contributed by atoms with Crippen molar-refractivity contribution in [1.82, 2.24) is 10.2 Å². The van der Waals surface area contributed by atoms with Crippen LogP contribution >= 0.6 is 28.3 Å². The molecule has 0 radical (unpaired) electrons. The van der Waals surface area contributed by atoms with Crippen LogP contribution in [0.3, 0.4) is 0 Å². The van der Waals surface area contributed by atoms with Crippen molar-refractivity contribution >= 4 is 34.2 Å². The van der Waals surface area contributed by atoms with Gasteiger partial charge in [0.1, 0.15) is 18.1 Å². The molecule has 2 aromatic rings. The van der Waals surface area contributed by atoms with E-state index < -0.39 is 0 Å². The smallest absolute Gasteiger partial charge is 0.289 e. The number of carbonyl (C=O) groups excluding carboxylic acids is 1. The van der Waals surface area contributed by atoms with Crippen molar-refractivity contribution in [1.29, 1.82) is 0 Å². The second-order valence-electron chi connectivity index (χ2n) is 5.56. The molecule has 0 aliphatic carbocycles. The number of furan rings is 1. The van der Waals surface area contributed by atoms with Crippen molar-refractivity contribution < 1.29 is 13.9 Å². The Hall–Kier alpha value is -1.50. The van der Waals surface area contributed by atoms with Gasteiger partial charge in [0.05, 0.1) is 0 Å². The standard InChI is InChI=1S/C17H19BrN2O3.ClH/c1-12-10-19-8-9-20(12)17(21)16-7-6-15(23-16)11-22-14-4-2-13(18)3-5-14;/h2-7,12,19H,8-11H2,1H3;1H. The van der Waals surface area contributed by atoms with Gasteiger partial charge in [-0.1, -0.05) is 15.9 Å². The summed E-state index contributed by atoms with van der Waals surface area (Å²) in [6.45, 7) is 4.66. The zero-order valence-corrected chi connectivity index (χ0v) is 15.7. The number of hydrogen-bond acceptors (Lipinski definition) is 4. The van der Waals surface area contributed by atoms with Crippen molar-refractivity contribution in [2.75, 3.05) is 19.6 Å². The van der Waals surface area contributed by atoms with Crippen LogP contribution in [0.5, 0.6) is 5.75 Å². The monoisotopic (exact) mass is 414 g/mol. The topological polar surface area (TPSA) is 54.7 Å². The van der Waals surface area contributed by atoms with Gasteiger partial charge in [0, 0.05) is 30.1 Å². The van der Waals surface area contributed by atoms with Crippen molar-refractivity contribution in [3.8, 4) is 5.75 Å². The molecular weight excluding hydrogens is 396 g/mol. The Morgan fingerprint density at radius 3 is 2.79 bits per heavy atom. The number of nitrogens with zero attached hydrogens (tertiary/aromatic N) is 1. The third-order valence-corrected chi connectivity index (χ3v) is 4.36. The summed E-state index contributed by atoms with van der Waals surface area (Å²) in [6, 6.07) is 11.3.